The highest BCUT2D eigenvalue weighted by atomic mass is 16.5. The molecule has 5 rings (SSSR count). The van der Waals surface area contributed by atoms with E-state index in [1.54, 1.807) is 7.11 Å². The molecule has 1 aromatic carbocycles. The van der Waals surface area contributed by atoms with Gasteiger partial charge in [0.15, 0.2) is 0 Å². The van der Waals surface area contributed by atoms with Gasteiger partial charge in [-0.3, -0.25) is 9.98 Å². The van der Waals surface area contributed by atoms with Crippen LogP contribution in [0, 0.1) is 6.92 Å². The summed E-state index contributed by atoms with van der Waals surface area (Å²) in [6, 6.07) is 6.46. The lowest BCUT2D eigenvalue weighted by atomic mass is 9.65. The second-order valence-corrected chi connectivity index (χ2v) is 7.28. The van der Waals surface area contributed by atoms with Gasteiger partial charge >= 0.3 is 0 Å². The topological polar surface area (TPSA) is 62.3 Å². The number of hydrogen-bond donors (Lipinski definition) is 2. The Balaban J connectivity index is 1.73. The van der Waals surface area contributed by atoms with Crippen LogP contribution in [0.5, 0.6) is 5.75 Å². The summed E-state index contributed by atoms with van der Waals surface area (Å²) in [7, 11) is 3.62. The van der Waals surface area contributed by atoms with Gasteiger partial charge in [-0.25, -0.2) is 0 Å². The molecule has 0 atom stereocenters. The van der Waals surface area contributed by atoms with Gasteiger partial charge in [-0.2, -0.15) is 0 Å². The van der Waals surface area contributed by atoms with Crippen LogP contribution in [0.2, 0.25) is 0 Å². The first-order valence-electron chi connectivity index (χ1n) is 9.07. The first kappa shape index (κ1) is 15.4. The molecule has 1 fully saturated rings. The number of aromatic nitrogens is 2. The van der Waals surface area contributed by atoms with Crippen molar-refractivity contribution in [3.63, 3.8) is 0 Å². The van der Waals surface area contributed by atoms with E-state index in [0.717, 1.165) is 46.9 Å². The number of anilines is 1. The predicted octanol–water partition coefficient (Wildman–Crippen LogP) is 4.42. The average Bonchev–Trinajstić information content (AvgIpc) is 3.15. The fraction of sp³-hybridized carbons (Fsp3) is 0.333. The Morgan fingerprint density at radius 3 is 2.77 bits per heavy atom. The van der Waals surface area contributed by atoms with Gasteiger partial charge in [-0.15, -0.1) is 0 Å². The molecule has 0 amide bonds. The van der Waals surface area contributed by atoms with Crippen molar-refractivity contribution in [1.82, 2.24) is 9.97 Å². The molecular weight excluding hydrogens is 324 g/mol. The van der Waals surface area contributed by atoms with Gasteiger partial charge in [0.1, 0.15) is 11.6 Å². The van der Waals surface area contributed by atoms with Crippen LogP contribution >= 0.6 is 0 Å². The quantitative estimate of drug-likeness (QED) is 0.722. The highest BCUT2D eigenvalue weighted by molar-refractivity contribution is 6.11. The summed E-state index contributed by atoms with van der Waals surface area (Å²) in [4.78, 5) is 12.3. The van der Waals surface area contributed by atoms with E-state index in [-0.39, 0.29) is 5.41 Å². The summed E-state index contributed by atoms with van der Waals surface area (Å²) in [6.07, 6.45) is 7.25. The summed E-state index contributed by atoms with van der Waals surface area (Å²) in [5.74, 6) is 1.99. The molecular formula is C21H22N4O. The van der Waals surface area contributed by atoms with Crippen LogP contribution in [-0.2, 0) is 5.41 Å². The van der Waals surface area contributed by atoms with Gasteiger partial charge in [-0.1, -0.05) is 6.42 Å². The molecule has 132 valence electrons. The van der Waals surface area contributed by atoms with Crippen molar-refractivity contribution in [1.29, 1.82) is 0 Å². The van der Waals surface area contributed by atoms with Crippen LogP contribution < -0.4 is 10.1 Å². The van der Waals surface area contributed by atoms with Crippen LogP contribution in [0.3, 0.4) is 0 Å². The Morgan fingerprint density at radius 2 is 2.12 bits per heavy atom. The van der Waals surface area contributed by atoms with E-state index < -0.39 is 0 Å². The van der Waals surface area contributed by atoms with E-state index in [9.17, 15) is 0 Å². The maximum atomic E-state index is 5.80. The molecule has 0 unspecified atom stereocenters. The molecule has 2 aromatic heterocycles. The maximum Gasteiger partial charge on any atom is 0.128 e. The third kappa shape index (κ3) is 1.86. The zero-order valence-corrected chi connectivity index (χ0v) is 15.3. The fourth-order valence-corrected chi connectivity index (χ4v) is 4.58. The number of ether oxygens (including phenoxy) is 1. The number of benzene rings is 1. The third-order valence-corrected chi connectivity index (χ3v) is 6.12. The third-order valence-electron chi connectivity index (χ3n) is 6.12. The summed E-state index contributed by atoms with van der Waals surface area (Å²) in [6.45, 7) is 2.14. The van der Waals surface area contributed by atoms with Crippen LogP contribution in [0.25, 0.3) is 22.2 Å². The lowest BCUT2D eigenvalue weighted by molar-refractivity contribution is 0.344. The second-order valence-electron chi connectivity index (χ2n) is 7.28. The fourth-order valence-electron chi connectivity index (χ4n) is 4.58. The molecule has 0 bridgehead atoms. The van der Waals surface area contributed by atoms with Crippen LogP contribution in [0.4, 0.5) is 5.69 Å². The summed E-state index contributed by atoms with van der Waals surface area (Å²) >= 11 is 0. The first-order chi connectivity index (χ1) is 12.7. The lowest BCUT2D eigenvalue weighted by Gasteiger charge is -2.38. The summed E-state index contributed by atoms with van der Waals surface area (Å²) in [5, 5.41) is 4.75. The summed E-state index contributed by atoms with van der Waals surface area (Å²) < 4.78 is 5.80. The molecule has 2 aliphatic rings. The average molecular weight is 346 g/mol. The van der Waals surface area contributed by atoms with Crippen molar-refractivity contribution < 1.29 is 4.74 Å². The zero-order chi connectivity index (χ0) is 17.9. The molecule has 3 heterocycles. The van der Waals surface area contributed by atoms with Gasteiger partial charge in [0.2, 0.25) is 0 Å². The molecule has 5 heteroatoms. The lowest BCUT2D eigenvalue weighted by Crippen LogP contribution is -2.41. The molecule has 1 aliphatic heterocycles. The van der Waals surface area contributed by atoms with E-state index in [1.807, 2.05) is 25.5 Å². The van der Waals surface area contributed by atoms with Gasteiger partial charge in [-0.05, 0) is 49.1 Å². The second kappa shape index (κ2) is 5.34. The van der Waals surface area contributed by atoms with E-state index in [2.05, 4.69) is 39.3 Å². The van der Waals surface area contributed by atoms with E-state index >= 15 is 0 Å². The maximum absolute atomic E-state index is 5.80. The Bertz CT molecular complexity index is 1060. The number of nitrogens with one attached hydrogen (secondary N) is 2. The SMILES string of the molecule is CN=C1Nc2cc(-c3[nH]c4cnccc4c3C)c(OC)cc2C12CCC2. The molecule has 0 radical (unpaired) electrons. The standard InChI is InChI=1S/C21H22N4O/c1-12-13-5-8-23-11-17(13)24-19(12)14-9-16-15(10-18(14)26-3)21(6-4-7-21)20(22-2)25-16/h5,8-11,24H,4,6-7H2,1-3H3,(H,22,25). The smallest absolute Gasteiger partial charge is 0.128 e. The Hall–Kier alpha value is -2.82. The largest absolute Gasteiger partial charge is 0.496 e. The number of aryl methyl sites for hydroxylation is 1. The number of methoxy groups -OCH3 is 1. The first-order valence-corrected chi connectivity index (χ1v) is 9.07. The van der Waals surface area contributed by atoms with Crippen LogP contribution in [-0.4, -0.2) is 30.0 Å². The van der Waals surface area contributed by atoms with Crippen LogP contribution in [0.1, 0.15) is 30.4 Å². The highest BCUT2D eigenvalue weighted by Crippen LogP contribution is 2.54. The Labute approximate surface area is 152 Å². The van der Waals surface area contributed by atoms with Gasteiger partial charge in [0, 0.05) is 29.9 Å². The van der Waals surface area contributed by atoms with Gasteiger partial charge in [0.05, 0.1) is 29.9 Å². The minimum Gasteiger partial charge on any atom is -0.496 e. The van der Waals surface area contributed by atoms with E-state index in [1.165, 1.54) is 22.9 Å². The monoisotopic (exact) mass is 346 g/mol. The number of amidine groups is 1. The molecule has 26 heavy (non-hydrogen) atoms. The number of pyridine rings is 1. The van der Waals surface area contributed by atoms with Crippen molar-refractivity contribution >= 4 is 22.4 Å². The van der Waals surface area contributed by atoms with Crippen molar-refractivity contribution in [3.05, 3.63) is 41.7 Å². The predicted molar refractivity (Wildman–Crippen MR) is 105 cm³/mol. The van der Waals surface area contributed by atoms with Crippen molar-refractivity contribution in [2.75, 3.05) is 19.5 Å². The van der Waals surface area contributed by atoms with Crippen molar-refractivity contribution in [2.24, 2.45) is 4.99 Å². The molecule has 0 saturated heterocycles. The Kier molecular flexibility index (Phi) is 3.17. The summed E-state index contributed by atoms with van der Waals surface area (Å²) in [5.41, 5.74) is 6.94. The van der Waals surface area contributed by atoms with Gasteiger partial charge in [0.25, 0.3) is 0 Å². The molecule has 1 aliphatic carbocycles. The Morgan fingerprint density at radius 1 is 1.27 bits per heavy atom. The van der Waals surface area contributed by atoms with Crippen molar-refractivity contribution in [2.45, 2.75) is 31.6 Å². The molecule has 2 N–H and O–H groups in total. The minimum atomic E-state index is 0.0648. The van der Waals surface area contributed by atoms with E-state index in [4.69, 9.17) is 4.74 Å². The number of H-pyrrole nitrogens is 1. The molecule has 1 spiro atoms. The number of nitrogens with zero attached hydrogens (tertiary/aromatic N) is 2. The molecule has 1 saturated carbocycles. The minimum absolute atomic E-state index is 0.0648. The highest BCUT2D eigenvalue weighted by Gasteiger charge is 2.49. The number of aliphatic imine (C=N–C) groups is 1. The number of hydrogen-bond acceptors (Lipinski definition) is 3. The normalized spacial score (nSPS) is 18.8. The number of fused-ring (bicyclic) bond motifs is 3. The van der Waals surface area contributed by atoms with Crippen molar-refractivity contribution in [3.8, 4) is 17.0 Å². The zero-order valence-electron chi connectivity index (χ0n) is 15.3. The van der Waals surface area contributed by atoms with E-state index in [0.29, 0.717) is 0 Å². The molecule has 3 aromatic rings. The number of rotatable bonds is 2. The van der Waals surface area contributed by atoms with Gasteiger partial charge < -0.3 is 15.0 Å². The molecule has 5 nitrogen and oxygen atoms in total. The number of aromatic amines is 1. The van der Waals surface area contributed by atoms with Crippen LogP contribution in [0.15, 0.2) is 35.6 Å².